The van der Waals surface area contributed by atoms with Crippen LogP contribution in [0.1, 0.15) is 21.5 Å². The molecule has 6 nitrogen and oxygen atoms in total. The van der Waals surface area contributed by atoms with Crippen molar-refractivity contribution in [1.29, 1.82) is 0 Å². The lowest BCUT2D eigenvalue weighted by atomic mass is 10.1. The van der Waals surface area contributed by atoms with E-state index >= 15 is 0 Å². The molecule has 2 N–H and O–H groups in total. The van der Waals surface area contributed by atoms with Gasteiger partial charge in [-0.3, -0.25) is 9.59 Å². The minimum absolute atomic E-state index is 0.111. The topological polar surface area (TPSA) is 76.7 Å². The maximum absolute atomic E-state index is 12.1. The fourth-order valence-corrected chi connectivity index (χ4v) is 2.55. The van der Waals surface area contributed by atoms with Crippen molar-refractivity contribution < 1.29 is 19.1 Å². The Morgan fingerprint density at radius 1 is 1.00 bits per heavy atom. The van der Waals surface area contributed by atoms with Crippen LogP contribution >= 0.6 is 0 Å². The van der Waals surface area contributed by atoms with Crippen molar-refractivity contribution in [3.63, 3.8) is 0 Å². The molecule has 6 heteroatoms. The van der Waals surface area contributed by atoms with Gasteiger partial charge >= 0.3 is 0 Å². The van der Waals surface area contributed by atoms with E-state index in [1.54, 1.807) is 18.2 Å². The standard InChI is InChI=1S/C18H18N2O4/c1-11-5-12(2)7-14(6-11)20-17(21)9-19-18(22)13-3-4-15-16(8-13)24-10-23-15/h3-8H,9-10H2,1-2H3,(H,19,22)(H,20,21). The molecule has 0 bridgehead atoms. The van der Waals surface area contributed by atoms with Crippen molar-refractivity contribution in [2.45, 2.75) is 13.8 Å². The van der Waals surface area contributed by atoms with E-state index in [2.05, 4.69) is 10.6 Å². The molecule has 3 rings (SSSR count). The van der Waals surface area contributed by atoms with Gasteiger partial charge in [0.05, 0.1) is 6.54 Å². The first-order chi connectivity index (χ1) is 11.5. The SMILES string of the molecule is Cc1cc(C)cc(NC(=O)CNC(=O)c2ccc3c(c2)OCO3)c1. The number of amides is 2. The lowest BCUT2D eigenvalue weighted by Gasteiger charge is -2.09. The predicted octanol–water partition coefficient (Wildman–Crippen LogP) is 2.40. The number of hydrogen-bond donors (Lipinski definition) is 2. The van der Waals surface area contributed by atoms with Crippen LogP contribution in [0.5, 0.6) is 11.5 Å². The molecular formula is C18H18N2O4. The van der Waals surface area contributed by atoms with Gasteiger partial charge in [0.1, 0.15) is 0 Å². The van der Waals surface area contributed by atoms with Crippen LogP contribution in [0.4, 0.5) is 5.69 Å². The first kappa shape index (κ1) is 15.9. The fraction of sp³-hybridized carbons (Fsp3) is 0.222. The highest BCUT2D eigenvalue weighted by atomic mass is 16.7. The highest BCUT2D eigenvalue weighted by Gasteiger charge is 2.16. The summed E-state index contributed by atoms with van der Waals surface area (Å²) in [6.07, 6.45) is 0. The van der Waals surface area contributed by atoms with E-state index in [4.69, 9.17) is 9.47 Å². The predicted molar refractivity (Wildman–Crippen MR) is 89.4 cm³/mol. The number of ether oxygens (including phenoxy) is 2. The van der Waals surface area contributed by atoms with E-state index in [1.165, 1.54) is 0 Å². The quantitative estimate of drug-likeness (QED) is 0.904. The van der Waals surface area contributed by atoms with E-state index in [0.717, 1.165) is 16.8 Å². The molecule has 24 heavy (non-hydrogen) atoms. The summed E-state index contributed by atoms with van der Waals surface area (Å²) in [5.74, 6) is 0.513. The van der Waals surface area contributed by atoms with Gasteiger partial charge in [0.2, 0.25) is 12.7 Å². The zero-order chi connectivity index (χ0) is 17.1. The Hall–Kier alpha value is -3.02. The summed E-state index contributed by atoms with van der Waals surface area (Å²) in [4.78, 5) is 24.1. The molecule has 0 unspecified atom stereocenters. The van der Waals surface area contributed by atoms with Crippen LogP contribution in [0, 0.1) is 13.8 Å². The van der Waals surface area contributed by atoms with Crippen LogP contribution in [0.3, 0.4) is 0 Å². The molecule has 1 aliphatic rings. The Labute approximate surface area is 139 Å². The number of anilines is 1. The Morgan fingerprint density at radius 3 is 2.46 bits per heavy atom. The van der Waals surface area contributed by atoms with Crippen LogP contribution in [0.25, 0.3) is 0 Å². The normalized spacial score (nSPS) is 11.9. The molecule has 0 aromatic heterocycles. The van der Waals surface area contributed by atoms with E-state index in [0.29, 0.717) is 17.1 Å². The third-order valence-electron chi connectivity index (χ3n) is 3.55. The van der Waals surface area contributed by atoms with Crippen molar-refractivity contribution in [1.82, 2.24) is 5.32 Å². The molecule has 2 amide bonds. The molecule has 1 heterocycles. The Kier molecular flexibility index (Phi) is 4.37. The number of nitrogens with one attached hydrogen (secondary N) is 2. The highest BCUT2D eigenvalue weighted by molar-refractivity contribution is 5.99. The Balaban J connectivity index is 1.56. The van der Waals surface area contributed by atoms with Gasteiger partial charge in [-0.25, -0.2) is 0 Å². The van der Waals surface area contributed by atoms with Gasteiger partial charge in [-0.2, -0.15) is 0 Å². The smallest absolute Gasteiger partial charge is 0.251 e. The van der Waals surface area contributed by atoms with E-state index < -0.39 is 0 Å². The summed E-state index contributed by atoms with van der Waals surface area (Å²) in [7, 11) is 0. The van der Waals surface area contributed by atoms with Gasteiger partial charge in [-0.1, -0.05) is 6.07 Å². The summed E-state index contributed by atoms with van der Waals surface area (Å²) < 4.78 is 10.4. The monoisotopic (exact) mass is 326 g/mol. The molecule has 0 atom stereocenters. The third kappa shape index (κ3) is 3.65. The third-order valence-corrected chi connectivity index (χ3v) is 3.55. The molecule has 2 aromatic rings. The summed E-state index contributed by atoms with van der Waals surface area (Å²) >= 11 is 0. The maximum atomic E-state index is 12.1. The summed E-state index contributed by atoms with van der Waals surface area (Å²) in [5.41, 5.74) is 3.26. The zero-order valence-electron chi connectivity index (χ0n) is 13.5. The molecule has 2 aromatic carbocycles. The molecule has 0 radical (unpaired) electrons. The van der Waals surface area contributed by atoms with Gasteiger partial charge in [0.25, 0.3) is 5.91 Å². The molecule has 0 spiro atoms. The second kappa shape index (κ2) is 6.62. The minimum Gasteiger partial charge on any atom is -0.454 e. The van der Waals surface area contributed by atoms with Gasteiger partial charge in [-0.15, -0.1) is 0 Å². The van der Waals surface area contributed by atoms with E-state index in [1.807, 2.05) is 32.0 Å². The minimum atomic E-state index is -0.344. The van der Waals surface area contributed by atoms with Crippen LogP contribution < -0.4 is 20.1 Å². The number of hydrogen-bond acceptors (Lipinski definition) is 4. The lowest BCUT2D eigenvalue weighted by molar-refractivity contribution is -0.115. The van der Waals surface area contributed by atoms with Crippen molar-refractivity contribution >= 4 is 17.5 Å². The molecular weight excluding hydrogens is 308 g/mol. The Morgan fingerprint density at radius 2 is 1.71 bits per heavy atom. The number of carbonyl (C=O) groups excluding carboxylic acids is 2. The largest absolute Gasteiger partial charge is 0.454 e. The first-order valence-corrected chi connectivity index (χ1v) is 7.57. The Bertz CT molecular complexity index is 781. The van der Waals surface area contributed by atoms with E-state index in [-0.39, 0.29) is 25.2 Å². The van der Waals surface area contributed by atoms with Crippen LogP contribution in [0.15, 0.2) is 36.4 Å². The zero-order valence-corrected chi connectivity index (χ0v) is 13.5. The molecule has 0 saturated heterocycles. The van der Waals surface area contributed by atoms with Crippen LogP contribution in [-0.2, 0) is 4.79 Å². The maximum Gasteiger partial charge on any atom is 0.251 e. The number of aryl methyl sites for hydroxylation is 2. The van der Waals surface area contributed by atoms with Crippen LogP contribution in [0.2, 0.25) is 0 Å². The molecule has 0 fully saturated rings. The van der Waals surface area contributed by atoms with Crippen molar-refractivity contribution in [2.24, 2.45) is 0 Å². The van der Waals surface area contributed by atoms with Crippen molar-refractivity contribution in [3.05, 3.63) is 53.1 Å². The molecule has 1 aliphatic heterocycles. The second-order valence-corrected chi connectivity index (χ2v) is 5.68. The van der Waals surface area contributed by atoms with Crippen LogP contribution in [-0.4, -0.2) is 25.2 Å². The van der Waals surface area contributed by atoms with Gasteiger partial charge in [-0.05, 0) is 55.3 Å². The van der Waals surface area contributed by atoms with E-state index in [9.17, 15) is 9.59 Å². The van der Waals surface area contributed by atoms with Gasteiger partial charge in [0.15, 0.2) is 11.5 Å². The number of benzene rings is 2. The highest BCUT2D eigenvalue weighted by Crippen LogP contribution is 2.32. The first-order valence-electron chi connectivity index (χ1n) is 7.57. The molecule has 0 saturated carbocycles. The number of fused-ring (bicyclic) bond motifs is 1. The average Bonchev–Trinajstić information content (AvgIpc) is 2.99. The summed E-state index contributed by atoms with van der Waals surface area (Å²) in [6, 6.07) is 10.7. The fourth-order valence-electron chi connectivity index (χ4n) is 2.55. The number of carbonyl (C=O) groups is 2. The van der Waals surface area contributed by atoms with Crippen molar-refractivity contribution in [3.8, 4) is 11.5 Å². The summed E-state index contributed by atoms with van der Waals surface area (Å²) in [5, 5.41) is 5.37. The number of rotatable bonds is 4. The van der Waals surface area contributed by atoms with Gasteiger partial charge in [0, 0.05) is 11.3 Å². The molecule has 0 aliphatic carbocycles. The average molecular weight is 326 g/mol. The van der Waals surface area contributed by atoms with Crippen molar-refractivity contribution in [2.75, 3.05) is 18.7 Å². The second-order valence-electron chi connectivity index (χ2n) is 5.68. The summed E-state index contributed by atoms with van der Waals surface area (Å²) in [6.45, 7) is 3.97. The molecule has 124 valence electrons. The van der Waals surface area contributed by atoms with Gasteiger partial charge < -0.3 is 20.1 Å². The lowest BCUT2D eigenvalue weighted by Crippen LogP contribution is -2.32.